The molecule has 2 atom stereocenters. The molecule has 3 heterocycles. The molecule has 5 rings (SSSR count). The van der Waals surface area contributed by atoms with Crippen LogP contribution in [-0.4, -0.2) is 22.9 Å². The summed E-state index contributed by atoms with van der Waals surface area (Å²) in [6.07, 6.45) is -3.59. The molecule has 0 aliphatic carbocycles. The molecule has 3 aromatic rings. The fourth-order valence-electron chi connectivity index (χ4n) is 4.26. The quantitative estimate of drug-likeness (QED) is 0.574. The Labute approximate surface area is 171 Å². The molecule has 5 nitrogen and oxygen atoms in total. The number of hydrogen-bond donors (Lipinski definition) is 1. The minimum Gasteiger partial charge on any atom is -0.285 e. The van der Waals surface area contributed by atoms with Crippen LogP contribution in [0.5, 0.6) is 0 Å². The van der Waals surface area contributed by atoms with E-state index in [1.165, 1.54) is 12.1 Å². The third-order valence-corrected chi connectivity index (χ3v) is 7.39. The van der Waals surface area contributed by atoms with Crippen LogP contribution < -0.4 is 0 Å². The molecule has 0 amide bonds. The van der Waals surface area contributed by atoms with Gasteiger partial charge < -0.3 is 0 Å². The van der Waals surface area contributed by atoms with Gasteiger partial charge in [-0.15, -0.1) is 0 Å². The topological polar surface area (TPSA) is 66.1 Å². The fraction of sp³-hybridized carbons (Fsp3) is 0.211. The first kappa shape index (κ1) is 20.1. The predicted octanol–water partition coefficient (Wildman–Crippen LogP) is 4.51. The van der Waals surface area contributed by atoms with Gasteiger partial charge >= 0.3 is 12.1 Å². The van der Waals surface area contributed by atoms with Crippen molar-refractivity contribution < 1.29 is 34.8 Å². The van der Waals surface area contributed by atoms with E-state index in [4.69, 9.17) is 0 Å². The van der Waals surface area contributed by atoms with E-state index in [0.29, 0.717) is 28.6 Å². The summed E-state index contributed by atoms with van der Waals surface area (Å²) < 4.78 is 111. The summed E-state index contributed by atoms with van der Waals surface area (Å²) in [4.78, 5) is -0.619. The highest BCUT2D eigenvalue weighted by Crippen LogP contribution is 2.62. The highest BCUT2D eigenvalue weighted by Gasteiger charge is 2.64. The molecule has 0 fully saturated rings. The van der Waals surface area contributed by atoms with Crippen LogP contribution in [-0.2, 0) is 22.1 Å². The largest absolute Gasteiger partial charge is 0.416 e. The average molecular weight is 459 g/mol. The monoisotopic (exact) mass is 459 g/mol. The molecular weight excluding hydrogens is 448 g/mol. The molecule has 2 unspecified atom stereocenters. The van der Waals surface area contributed by atoms with Crippen LogP contribution in [0.15, 0.2) is 53.6 Å². The van der Waals surface area contributed by atoms with Crippen LogP contribution in [0.25, 0.3) is 0 Å². The Morgan fingerprint density at radius 2 is 1.71 bits per heavy atom. The second-order valence-corrected chi connectivity index (χ2v) is 9.06. The summed E-state index contributed by atoms with van der Waals surface area (Å²) in [6.45, 7) is 0. The van der Waals surface area contributed by atoms with Crippen LogP contribution in [0.1, 0.15) is 40.0 Å². The molecular formula is C19H11F6N3O2S. The maximum absolute atomic E-state index is 15.4. The van der Waals surface area contributed by atoms with E-state index >= 15 is 8.78 Å². The first-order chi connectivity index (χ1) is 14.5. The lowest BCUT2D eigenvalue weighted by molar-refractivity contribution is -0.137. The Morgan fingerprint density at radius 1 is 1.03 bits per heavy atom. The van der Waals surface area contributed by atoms with Crippen LogP contribution in [0.2, 0.25) is 0 Å². The van der Waals surface area contributed by atoms with Crippen molar-refractivity contribution in [1.82, 2.24) is 14.5 Å². The zero-order valence-electron chi connectivity index (χ0n) is 15.2. The smallest absolute Gasteiger partial charge is 0.285 e. The highest BCUT2D eigenvalue weighted by molar-refractivity contribution is 7.89. The Bertz CT molecular complexity index is 1300. The van der Waals surface area contributed by atoms with Crippen LogP contribution in [0, 0.1) is 5.82 Å². The van der Waals surface area contributed by atoms with Gasteiger partial charge in [0.15, 0.2) is 0 Å². The third-order valence-electron chi connectivity index (χ3n) is 5.54. The molecule has 1 N–H and O–H groups in total. The van der Waals surface area contributed by atoms with Crippen LogP contribution >= 0.6 is 0 Å². The lowest BCUT2D eigenvalue weighted by Crippen LogP contribution is -2.45. The molecule has 2 aromatic carbocycles. The average Bonchev–Trinajstić information content (AvgIpc) is 3.30. The van der Waals surface area contributed by atoms with Gasteiger partial charge in [0.1, 0.15) is 17.6 Å². The van der Waals surface area contributed by atoms with E-state index in [2.05, 4.69) is 10.2 Å². The molecule has 1 aromatic heterocycles. The standard InChI is InChI=1S/C19H11F6N3O2S/c20-13-3-1-2-11-14(13)17-18(21,22)16-12(8-26-27-16)15(11)28(17)31(29,30)10-6-4-9(5-7-10)19(23,24)25/h1-8,15,17H,(H,26,27). The maximum Gasteiger partial charge on any atom is 0.416 e. The zero-order chi connectivity index (χ0) is 22.3. The van der Waals surface area contributed by atoms with E-state index in [1.54, 1.807) is 0 Å². The van der Waals surface area contributed by atoms with Gasteiger partial charge in [0, 0.05) is 17.3 Å². The predicted molar refractivity (Wildman–Crippen MR) is 93.9 cm³/mol. The number of H-pyrrole nitrogens is 1. The second-order valence-electron chi connectivity index (χ2n) is 7.22. The Hall–Kier alpha value is -2.86. The van der Waals surface area contributed by atoms with Crippen molar-refractivity contribution in [3.8, 4) is 0 Å². The summed E-state index contributed by atoms with van der Waals surface area (Å²) in [5, 5.41) is 5.84. The van der Waals surface area contributed by atoms with Crippen molar-refractivity contribution in [2.45, 2.75) is 29.1 Å². The minimum absolute atomic E-state index is 0.0281. The van der Waals surface area contributed by atoms with E-state index in [-0.39, 0.29) is 11.1 Å². The SMILES string of the molecule is O=S(=O)(c1ccc(C(F)(F)F)cc1)N1C2c3c[nH]nc3C(F)(F)C1c1c(F)cccc12. The fourth-order valence-corrected chi connectivity index (χ4v) is 6.00. The van der Waals surface area contributed by atoms with E-state index in [0.717, 1.165) is 12.3 Å². The first-order valence-corrected chi connectivity index (χ1v) is 10.3. The highest BCUT2D eigenvalue weighted by atomic mass is 32.2. The summed E-state index contributed by atoms with van der Waals surface area (Å²) in [6, 6.07) is 2.51. The number of aromatic nitrogens is 2. The van der Waals surface area contributed by atoms with Crippen molar-refractivity contribution in [1.29, 1.82) is 0 Å². The number of fused-ring (bicyclic) bond motifs is 7. The normalized spacial score (nSPS) is 22.3. The Balaban J connectivity index is 1.73. The molecule has 162 valence electrons. The third kappa shape index (κ3) is 2.61. The maximum atomic E-state index is 15.4. The Kier molecular flexibility index (Phi) is 3.95. The number of sulfonamides is 1. The van der Waals surface area contributed by atoms with Gasteiger partial charge in [-0.05, 0) is 35.9 Å². The number of alkyl halides is 5. The number of hydrogen-bond acceptors (Lipinski definition) is 3. The number of rotatable bonds is 2. The molecule has 0 radical (unpaired) electrons. The molecule has 2 aliphatic heterocycles. The molecule has 2 aliphatic rings. The summed E-state index contributed by atoms with van der Waals surface area (Å²) in [5.41, 5.74) is -2.39. The zero-order valence-corrected chi connectivity index (χ0v) is 16.0. The van der Waals surface area contributed by atoms with Crippen molar-refractivity contribution in [3.63, 3.8) is 0 Å². The van der Waals surface area contributed by atoms with Crippen molar-refractivity contribution in [3.05, 3.63) is 82.4 Å². The first-order valence-electron chi connectivity index (χ1n) is 8.86. The van der Waals surface area contributed by atoms with Crippen LogP contribution in [0.4, 0.5) is 26.3 Å². The molecule has 0 spiro atoms. The van der Waals surface area contributed by atoms with Gasteiger partial charge in [-0.25, -0.2) is 12.8 Å². The lowest BCUT2D eigenvalue weighted by Gasteiger charge is -2.38. The molecule has 0 saturated heterocycles. The molecule has 2 bridgehead atoms. The van der Waals surface area contributed by atoms with Crippen molar-refractivity contribution >= 4 is 10.0 Å². The summed E-state index contributed by atoms with van der Waals surface area (Å²) in [7, 11) is -4.76. The number of benzene rings is 2. The van der Waals surface area contributed by atoms with Gasteiger partial charge in [-0.2, -0.15) is 31.4 Å². The van der Waals surface area contributed by atoms with Gasteiger partial charge in [0.25, 0.3) is 0 Å². The van der Waals surface area contributed by atoms with Gasteiger partial charge in [-0.1, -0.05) is 12.1 Å². The summed E-state index contributed by atoms with van der Waals surface area (Å²) >= 11 is 0. The van der Waals surface area contributed by atoms with Crippen molar-refractivity contribution in [2.75, 3.05) is 0 Å². The number of nitrogens with zero attached hydrogens (tertiary/aromatic N) is 2. The lowest BCUT2D eigenvalue weighted by atomic mass is 9.97. The minimum atomic E-state index is -4.76. The van der Waals surface area contributed by atoms with Crippen molar-refractivity contribution in [2.24, 2.45) is 0 Å². The number of aromatic amines is 1. The summed E-state index contributed by atoms with van der Waals surface area (Å²) in [5.74, 6) is -4.90. The number of halogens is 6. The van der Waals surface area contributed by atoms with E-state index < -0.39 is 61.7 Å². The second kappa shape index (κ2) is 6.10. The molecule has 12 heteroatoms. The van der Waals surface area contributed by atoms with E-state index in [9.17, 15) is 26.0 Å². The molecule has 0 saturated carbocycles. The van der Waals surface area contributed by atoms with E-state index in [1.807, 2.05) is 0 Å². The van der Waals surface area contributed by atoms with Gasteiger partial charge in [0.2, 0.25) is 10.0 Å². The Morgan fingerprint density at radius 3 is 2.35 bits per heavy atom. The van der Waals surface area contributed by atoms with Crippen LogP contribution in [0.3, 0.4) is 0 Å². The van der Waals surface area contributed by atoms with Gasteiger partial charge in [-0.3, -0.25) is 5.10 Å². The molecule has 31 heavy (non-hydrogen) atoms. The van der Waals surface area contributed by atoms with Gasteiger partial charge in [0.05, 0.1) is 16.5 Å². The number of nitrogens with one attached hydrogen (secondary N) is 1.